The Bertz CT molecular complexity index is 768. The molecule has 0 spiro atoms. The lowest BCUT2D eigenvalue weighted by Crippen LogP contribution is -2.14. The van der Waals surface area contributed by atoms with E-state index in [-0.39, 0.29) is 5.91 Å². The van der Waals surface area contributed by atoms with Crippen molar-refractivity contribution in [2.75, 3.05) is 5.32 Å². The van der Waals surface area contributed by atoms with Crippen LogP contribution in [0.15, 0.2) is 84.9 Å². The molecule has 0 saturated heterocycles. The maximum Gasteiger partial charge on any atom is 0.228 e. The van der Waals surface area contributed by atoms with Crippen LogP contribution < -0.4 is 10.1 Å². The van der Waals surface area contributed by atoms with Crippen molar-refractivity contribution in [1.82, 2.24) is 0 Å². The summed E-state index contributed by atoms with van der Waals surface area (Å²) in [5.41, 5.74) is 2.89. The molecular formula is C21H19NO2. The third kappa shape index (κ3) is 4.71. The number of anilines is 1. The smallest absolute Gasteiger partial charge is 0.228 e. The van der Waals surface area contributed by atoms with Crippen molar-refractivity contribution in [2.24, 2.45) is 0 Å². The summed E-state index contributed by atoms with van der Waals surface area (Å²) in [6.45, 7) is 0.528. The summed E-state index contributed by atoms with van der Waals surface area (Å²) in [6, 6.07) is 27.1. The second-order valence-corrected chi connectivity index (χ2v) is 5.51. The number of nitrogens with one attached hydrogen (secondary N) is 1. The van der Waals surface area contributed by atoms with Gasteiger partial charge in [0.25, 0.3) is 0 Å². The Morgan fingerprint density at radius 1 is 0.750 bits per heavy atom. The zero-order chi connectivity index (χ0) is 16.6. The van der Waals surface area contributed by atoms with Crippen LogP contribution in [0.2, 0.25) is 0 Å². The number of amides is 1. The molecule has 0 aliphatic rings. The van der Waals surface area contributed by atoms with Crippen LogP contribution >= 0.6 is 0 Å². The first-order valence-electron chi connectivity index (χ1n) is 7.90. The fourth-order valence-corrected chi connectivity index (χ4v) is 2.36. The quantitative estimate of drug-likeness (QED) is 0.729. The number of benzene rings is 3. The second kappa shape index (κ2) is 7.97. The second-order valence-electron chi connectivity index (χ2n) is 5.51. The molecule has 0 bridgehead atoms. The van der Waals surface area contributed by atoms with Gasteiger partial charge in [-0.15, -0.1) is 0 Å². The number of hydrogen-bond donors (Lipinski definition) is 1. The lowest BCUT2D eigenvalue weighted by Gasteiger charge is -2.08. The average molecular weight is 317 g/mol. The van der Waals surface area contributed by atoms with Crippen molar-refractivity contribution < 1.29 is 9.53 Å². The van der Waals surface area contributed by atoms with E-state index >= 15 is 0 Å². The van der Waals surface area contributed by atoms with Gasteiger partial charge in [0.05, 0.1) is 6.42 Å². The zero-order valence-electron chi connectivity index (χ0n) is 13.3. The molecule has 0 fully saturated rings. The standard InChI is InChI=1S/C21H19NO2/c23-21(15-17-7-3-1-4-8-17)22-19-11-13-20(14-12-19)24-16-18-9-5-2-6-10-18/h1-14H,15-16H2,(H,22,23). The summed E-state index contributed by atoms with van der Waals surface area (Å²) in [6.07, 6.45) is 0.368. The summed E-state index contributed by atoms with van der Waals surface area (Å²) in [7, 11) is 0. The third-order valence-corrected chi connectivity index (χ3v) is 3.59. The fourth-order valence-electron chi connectivity index (χ4n) is 2.36. The third-order valence-electron chi connectivity index (χ3n) is 3.59. The maximum atomic E-state index is 12.0. The van der Waals surface area contributed by atoms with Gasteiger partial charge in [-0.25, -0.2) is 0 Å². The van der Waals surface area contributed by atoms with Gasteiger partial charge in [0.2, 0.25) is 5.91 Å². The summed E-state index contributed by atoms with van der Waals surface area (Å²) in [5.74, 6) is 0.749. The molecule has 3 rings (SSSR count). The lowest BCUT2D eigenvalue weighted by atomic mass is 10.1. The first-order valence-corrected chi connectivity index (χ1v) is 7.90. The van der Waals surface area contributed by atoms with Crippen LogP contribution in [0, 0.1) is 0 Å². The van der Waals surface area contributed by atoms with Crippen LogP contribution in [-0.4, -0.2) is 5.91 Å². The molecule has 24 heavy (non-hydrogen) atoms. The first kappa shape index (κ1) is 15.8. The van der Waals surface area contributed by atoms with Gasteiger partial charge < -0.3 is 10.1 Å². The Balaban J connectivity index is 1.51. The van der Waals surface area contributed by atoms with Crippen LogP contribution in [0.1, 0.15) is 11.1 Å². The molecule has 0 aliphatic heterocycles. The predicted octanol–water partition coefficient (Wildman–Crippen LogP) is 4.45. The molecule has 3 aromatic rings. The van der Waals surface area contributed by atoms with Gasteiger partial charge >= 0.3 is 0 Å². The SMILES string of the molecule is O=C(Cc1ccccc1)Nc1ccc(OCc2ccccc2)cc1. The van der Waals surface area contributed by atoms with E-state index in [9.17, 15) is 4.79 Å². The van der Waals surface area contributed by atoms with E-state index in [2.05, 4.69) is 5.32 Å². The Hall–Kier alpha value is -3.07. The van der Waals surface area contributed by atoms with Gasteiger partial charge in [-0.3, -0.25) is 4.79 Å². The van der Waals surface area contributed by atoms with Crippen molar-refractivity contribution in [3.8, 4) is 5.75 Å². The van der Waals surface area contributed by atoms with Gasteiger partial charge in [-0.05, 0) is 35.4 Å². The van der Waals surface area contributed by atoms with Crippen molar-refractivity contribution in [1.29, 1.82) is 0 Å². The normalized spacial score (nSPS) is 10.2. The lowest BCUT2D eigenvalue weighted by molar-refractivity contribution is -0.115. The molecule has 0 atom stereocenters. The number of carbonyl (C=O) groups excluding carboxylic acids is 1. The minimum Gasteiger partial charge on any atom is -0.489 e. The highest BCUT2D eigenvalue weighted by Gasteiger charge is 2.04. The number of ether oxygens (including phenoxy) is 1. The Morgan fingerprint density at radius 2 is 1.33 bits per heavy atom. The van der Waals surface area contributed by atoms with Gasteiger partial charge in [0, 0.05) is 5.69 Å². The Kier molecular flexibility index (Phi) is 5.25. The zero-order valence-corrected chi connectivity index (χ0v) is 13.3. The van der Waals surface area contributed by atoms with Crippen LogP contribution in [-0.2, 0) is 17.8 Å². The number of hydrogen-bond acceptors (Lipinski definition) is 2. The van der Waals surface area contributed by atoms with E-state index in [0.717, 1.165) is 22.6 Å². The first-order chi connectivity index (χ1) is 11.8. The van der Waals surface area contributed by atoms with Gasteiger partial charge in [0.1, 0.15) is 12.4 Å². The van der Waals surface area contributed by atoms with E-state index in [1.165, 1.54) is 0 Å². The molecule has 0 aromatic heterocycles. The molecule has 3 heteroatoms. The summed E-state index contributed by atoms with van der Waals surface area (Å²) in [5, 5.41) is 2.90. The predicted molar refractivity (Wildman–Crippen MR) is 96.0 cm³/mol. The van der Waals surface area contributed by atoms with E-state index in [4.69, 9.17) is 4.74 Å². The fraction of sp³-hybridized carbons (Fsp3) is 0.0952. The summed E-state index contributed by atoms with van der Waals surface area (Å²) >= 11 is 0. The summed E-state index contributed by atoms with van der Waals surface area (Å²) in [4.78, 5) is 12.0. The monoisotopic (exact) mass is 317 g/mol. The van der Waals surface area contributed by atoms with E-state index in [0.29, 0.717) is 13.0 Å². The van der Waals surface area contributed by atoms with E-state index in [1.54, 1.807) is 0 Å². The average Bonchev–Trinajstić information content (AvgIpc) is 2.63. The van der Waals surface area contributed by atoms with Crippen molar-refractivity contribution >= 4 is 11.6 Å². The minimum atomic E-state index is -0.0286. The minimum absolute atomic E-state index is 0.0286. The van der Waals surface area contributed by atoms with E-state index < -0.39 is 0 Å². The van der Waals surface area contributed by atoms with Gasteiger partial charge in [-0.1, -0.05) is 60.7 Å². The van der Waals surface area contributed by atoms with Crippen LogP contribution in [0.4, 0.5) is 5.69 Å². The topological polar surface area (TPSA) is 38.3 Å². The van der Waals surface area contributed by atoms with Crippen molar-refractivity contribution in [3.05, 3.63) is 96.1 Å². The van der Waals surface area contributed by atoms with Crippen LogP contribution in [0.3, 0.4) is 0 Å². The van der Waals surface area contributed by atoms with Crippen molar-refractivity contribution in [3.63, 3.8) is 0 Å². The summed E-state index contributed by atoms with van der Waals surface area (Å²) < 4.78 is 5.73. The molecule has 0 radical (unpaired) electrons. The molecule has 1 N–H and O–H groups in total. The van der Waals surface area contributed by atoms with E-state index in [1.807, 2.05) is 84.9 Å². The van der Waals surface area contributed by atoms with Crippen LogP contribution in [0.5, 0.6) is 5.75 Å². The van der Waals surface area contributed by atoms with Gasteiger partial charge in [0.15, 0.2) is 0 Å². The molecule has 0 saturated carbocycles. The highest BCUT2D eigenvalue weighted by Crippen LogP contribution is 2.17. The number of carbonyl (C=O) groups is 1. The molecule has 0 heterocycles. The highest BCUT2D eigenvalue weighted by atomic mass is 16.5. The molecular weight excluding hydrogens is 298 g/mol. The van der Waals surface area contributed by atoms with Crippen LogP contribution in [0.25, 0.3) is 0 Å². The molecule has 3 aromatic carbocycles. The van der Waals surface area contributed by atoms with Crippen molar-refractivity contribution in [2.45, 2.75) is 13.0 Å². The molecule has 3 nitrogen and oxygen atoms in total. The number of rotatable bonds is 6. The molecule has 1 amide bonds. The van der Waals surface area contributed by atoms with Gasteiger partial charge in [-0.2, -0.15) is 0 Å². The molecule has 120 valence electrons. The highest BCUT2D eigenvalue weighted by molar-refractivity contribution is 5.92. The maximum absolute atomic E-state index is 12.0. The Labute approximate surface area is 141 Å². The largest absolute Gasteiger partial charge is 0.489 e. The molecule has 0 unspecified atom stereocenters. The Morgan fingerprint density at radius 3 is 1.96 bits per heavy atom. The molecule has 0 aliphatic carbocycles.